The number of H-pyrrole nitrogens is 1. The van der Waals surface area contributed by atoms with Gasteiger partial charge >= 0.3 is 6.18 Å². The van der Waals surface area contributed by atoms with E-state index in [4.69, 9.17) is 4.74 Å². The fraction of sp³-hybridized carbons (Fsp3) is 0.318. The highest BCUT2D eigenvalue weighted by atomic mass is 19.4. The summed E-state index contributed by atoms with van der Waals surface area (Å²) >= 11 is 0. The van der Waals surface area contributed by atoms with Crippen LogP contribution in [0.2, 0.25) is 0 Å². The Hall–Kier alpha value is -2.96. The summed E-state index contributed by atoms with van der Waals surface area (Å²) in [6, 6.07) is 10.3. The molecule has 152 valence electrons. The second-order valence-corrected chi connectivity index (χ2v) is 7.76. The summed E-state index contributed by atoms with van der Waals surface area (Å²) in [6.45, 7) is 2.12. The van der Waals surface area contributed by atoms with Crippen LogP contribution in [0.15, 0.2) is 48.7 Å². The van der Waals surface area contributed by atoms with Gasteiger partial charge in [-0.3, -0.25) is 4.79 Å². The molecule has 4 rings (SSSR count). The Balaban J connectivity index is 1.46. The number of aromatic nitrogens is 1. The number of aromatic amines is 1. The first-order valence-corrected chi connectivity index (χ1v) is 9.46. The van der Waals surface area contributed by atoms with Crippen LogP contribution in [-0.4, -0.2) is 10.9 Å². The van der Waals surface area contributed by atoms with E-state index in [1.165, 1.54) is 12.1 Å². The number of benzene rings is 2. The average molecular weight is 402 g/mol. The average Bonchev–Trinajstić information content (AvgIpc) is 3.06. The minimum atomic E-state index is -4.35. The number of nitrogens with one attached hydrogen (secondary N) is 2. The van der Waals surface area contributed by atoms with Crippen LogP contribution in [0.3, 0.4) is 0 Å². The maximum absolute atomic E-state index is 12.7. The Kier molecular flexibility index (Phi) is 4.76. The van der Waals surface area contributed by atoms with Crippen molar-refractivity contribution in [2.45, 2.75) is 39.0 Å². The first kappa shape index (κ1) is 19.4. The van der Waals surface area contributed by atoms with E-state index in [0.29, 0.717) is 17.0 Å². The molecule has 2 N–H and O–H groups in total. The number of amides is 1. The summed E-state index contributed by atoms with van der Waals surface area (Å²) in [5.41, 5.74) is 1.20. The van der Waals surface area contributed by atoms with Gasteiger partial charge in [-0.25, -0.2) is 0 Å². The standard InChI is InChI=1S/C22H21F3N2O2/c1-21(9-2-10-21)20(28)27-19-12-26-18-8-7-16(11-17(18)19)29-13-14-3-5-15(6-4-14)22(23,24)25/h3-8,11-12,26H,2,9-10,13H2,1H3,(H,27,28). The fourth-order valence-electron chi connectivity index (χ4n) is 3.46. The van der Waals surface area contributed by atoms with Crippen LogP contribution in [0.5, 0.6) is 5.75 Å². The van der Waals surface area contributed by atoms with Crippen molar-refractivity contribution in [3.05, 3.63) is 59.8 Å². The summed E-state index contributed by atoms with van der Waals surface area (Å²) in [4.78, 5) is 15.6. The SMILES string of the molecule is CC1(C(=O)Nc2c[nH]c3ccc(OCc4ccc(C(F)(F)F)cc4)cc23)CCC1. The highest BCUT2D eigenvalue weighted by Crippen LogP contribution is 2.41. The third-order valence-electron chi connectivity index (χ3n) is 5.59. The van der Waals surface area contributed by atoms with Crippen molar-refractivity contribution >= 4 is 22.5 Å². The molecular weight excluding hydrogens is 381 g/mol. The zero-order valence-electron chi connectivity index (χ0n) is 15.9. The summed E-state index contributed by atoms with van der Waals surface area (Å²) < 4.78 is 43.7. The summed E-state index contributed by atoms with van der Waals surface area (Å²) in [6.07, 6.45) is 0.255. The lowest BCUT2D eigenvalue weighted by atomic mass is 9.70. The number of anilines is 1. The molecule has 4 nitrogen and oxygen atoms in total. The maximum atomic E-state index is 12.7. The Morgan fingerprint density at radius 2 is 1.90 bits per heavy atom. The van der Waals surface area contributed by atoms with Gasteiger partial charge in [0.25, 0.3) is 0 Å². The van der Waals surface area contributed by atoms with Crippen LogP contribution >= 0.6 is 0 Å². The van der Waals surface area contributed by atoms with E-state index >= 15 is 0 Å². The monoisotopic (exact) mass is 402 g/mol. The van der Waals surface area contributed by atoms with Crippen molar-refractivity contribution in [1.29, 1.82) is 0 Å². The highest BCUT2D eigenvalue weighted by molar-refractivity contribution is 6.04. The van der Waals surface area contributed by atoms with Crippen LogP contribution in [0, 0.1) is 5.41 Å². The van der Waals surface area contributed by atoms with Crippen molar-refractivity contribution in [2.75, 3.05) is 5.32 Å². The zero-order valence-corrected chi connectivity index (χ0v) is 15.9. The van der Waals surface area contributed by atoms with E-state index in [1.807, 2.05) is 19.1 Å². The molecule has 1 aliphatic carbocycles. The van der Waals surface area contributed by atoms with Crippen molar-refractivity contribution < 1.29 is 22.7 Å². The molecule has 1 heterocycles. The van der Waals surface area contributed by atoms with Crippen molar-refractivity contribution in [2.24, 2.45) is 5.41 Å². The minimum Gasteiger partial charge on any atom is -0.489 e. The third-order valence-corrected chi connectivity index (χ3v) is 5.59. The molecular formula is C22H21F3N2O2. The zero-order chi connectivity index (χ0) is 20.6. The van der Waals surface area contributed by atoms with Gasteiger partial charge in [0.1, 0.15) is 12.4 Å². The van der Waals surface area contributed by atoms with E-state index in [2.05, 4.69) is 10.3 Å². The normalized spacial score (nSPS) is 15.7. The predicted molar refractivity (Wildman–Crippen MR) is 105 cm³/mol. The van der Waals surface area contributed by atoms with Gasteiger partial charge in [0.05, 0.1) is 11.3 Å². The van der Waals surface area contributed by atoms with E-state index < -0.39 is 11.7 Å². The molecule has 0 saturated heterocycles. The topological polar surface area (TPSA) is 54.1 Å². The quantitative estimate of drug-likeness (QED) is 0.559. The number of halogens is 3. The van der Waals surface area contributed by atoms with Crippen molar-refractivity contribution in [3.63, 3.8) is 0 Å². The van der Waals surface area contributed by atoms with Crippen LogP contribution in [0.4, 0.5) is 18.9 Å². The molecule has 3 aromatic rings. The van der Waals surface area contributed by atoms with Gasteiger partial charge in [0.15, 0.2) is 0 Å². The van der Waals surface area contributed by atoms with Gasteiger partial charge < -0.3 is 15.0 Å². The molecule has 0 radical (unpaired) electrons. The largest absolute Gasteiger partial charge is 0.489 e. The van der Waals surface area contributed by atoms with E-state index in [0.717, 1.165) is 42.3 Å². The molecule has 7 heteroatoms. The second kappa shape index (κ2) is 7.13. The Labute approximate surface area is 166 Å². The van der Waals surface area contributed by atoms with Crippen LogP contribution in [0.1, 0.15) is 37.3 Å². The molecule has 0 atom stereocenters. The van der Waals surface area contributed by atoms with Crippen molar-refractivity contribution in [3.8, 4) is 5.75 Å². The van der Waals surface area contributed by atoms with E-state index in [9.17, 15) is 18.0 Å². The molecule has 2 aromatic carbocycles. The van der Waals surface area contributed by atoms with Gasteiger partial charge in [-0.15, -0.1) is 0 Å². The maximum Gasteiger partial charge on any atom is 0.416 e. The predicted octanol–water partition coefficient (Wildman–Crippen LogP) is 5.89. The lowest BCUT2D eigenvalue weighted by Crippen LogP contribution is -2.39. The molecule has 0 unspecified atom stereocenters. The van der Waals surface area contributed by atoms with Gasteiger partial charge in [-0.1, -0.05) is 25.5 Å². The molecule has 0 bridgehead atoms. The Bertz CT molecular complexity index is 1030. The molecule has 29 heavy (non-hydrogen) atoms. The summed E-state index contributed by atoms with van der Waals surface area (Å²) in [7, 11) is 0. The lowest BCUT2D eigenvalue weighted by molar-refractivity contribution is -0.137. The Morgan fingerprint density at radius 1 is 1.17 bits per heavy atom. The van der Waals surface area contributed by atoms with Gasteiger partial charge in [0.2, 0.25) is 5.91 Å². The number of carbonyl (C=O) groups excluding carboxylic acids is 1. The van der Waals surface area contributed by atoms with Gasteiger partial charge in [-0.05, 0) is 48.7 Å². The number of carbonyl (C=O) groups is 1. The van der Waals surface area contributed by atoms with Crippen molar-refractivity contribution in [1.82, 2.24) is 4.98 Å². The van der Waals surface area contributed by atoms with Crippen LogP contribution in [-0.2, 0) is 17.6 Å². The fourth-order valence-corrected chi connectivity index (χ4v) is 3.46. The number of rotatable bonds is 5. The number of hydrogen-bond acceptors (Lipinski definition) is 2. The van der Waals surface area contributed by atoms with Gasteiger partial charge in [0, 0.05) is 22.5 Å². The molecule has 1 aromatic heterocycles. The smallest absolute Gasteiger partial charge is 0.416 e. The van der Waals surface area contributed by atoms with E-state index in [1.54, 1.807) is 12.3 Å². The minimum absolute atomic E-state index is 0.0146. The second-order valence-electron chi connectivity index (χ2n) is 7.76. The molecule has 0 aliphatic heterocycles. The number of hydrogen-bond donors (Lipinski definition) is 2. The highest BCUT2D eigenvalue weighted by Gasteiger charge is 2.39. The summed E-state index contributed by atoms with van der Waals surface area (Å²) in [5.74, 6) is 0.586. The molecule has 1 amide bonds. The summed E-state index contributed by atoms with van der Waals surface area (Å²) in [5, 5.41) is 3.82. The molecule has 1 saturated carbocycles. The van der Waals surface area contributed by atoms with E-state index in [-0.39, 0.29) is 17.9 Å². The number of ether oxygens (including phenoxy) is 1. The van der Waals surface area contributed by atoms with Crippen LogP contribution < -0.4 is 10.1 Å². The van der Waals surface area contributed by atoms with Crippen LogP contribution in [0.25, 0.3) is 10.9 Å². The molecule has 1 aliphatic rings. The molecule has 1 fully saturated rings. The van der Waals surface area contributed by atoms with Gasteiger partial charge in [-0.2, -0.15) is 13.2 Å². The number of fused-ring (bicyclic) bond motifs is 1. The third kappa shape index (κ3) is 3.95. The first-order valence-electron chi connectivity index (χ1n) is 9.46. The Morgan fingerprint density at radius 3 is 2.52 bits per heavy atom. The first-order chi connectivity index (χ1) is 13.7. The lowest BCUT2D eigenvalue weighted by Gasteiger charge is -2.36. The number of alkyl halides is 3. The molecule has 0 spiro atoms.